The van der Waals surface area contributed by atoms with Crippen LogP contribution >= 0.6 is 23.1 Å². The van der Waals surface area contributed by atoms with Gasteiger partial charge in [0.15, 0.2) is 17.6 Å². The monoisotopic (exact) mass is 430 g/mol. The Morgan fingerprint density at radius 1 is 1.14 bits per heavy atom. The summed E-state index contributed by atoms with van der Waals surface area (Å²) < 4.78 is 6.85. The van der Waals surface area contributed by atoms with Crippen LogP contribution in [0.4, 0.5) is 0 Å². The van der Waals surface area contributed by atoms with Gasteiger partial charge in [-0.05, 0) is 30.5 Å². The standard InChI is InChI=1S/C19H18N4O4S2/c1-2-23-17(14-9-6-10-28-14)21-22-19(23)29-12-16(25)27-11-15(24)20-18(26)13-7-4-3-5-8-13/h3-10H,2,11-12H2,1H3,(H,20,24,26). The Bertz CT molecular complexity index is 987. The fourth-order valence-electron chi connectivity index (χ4n) is 2.40. The Kier molecular flexibility index (Phi) is 7.14. The SMILES string of the molecule is CCn1c(SCC(=O)OCC(=O)NC(=O)c2ccccc2)nnc1-c1cccs1. The maximum Gasteiger partial charge on any atom is 0.316 e. The van der Waals surface area contributed by atoms with Gasteiger partial charge >= 0.3 is 5.97 Å². The molecule has 0 saturated carbocycles. The third-order valence-corrected chi connectivity index (χ3v) is 5.55. The number of hydrogen-bond donors (Lipinski definition) is 1. The lowest BCUT2D eigenvalue weighted by molar-refractivity contribution is -0.145. The van der Waals surface area contributed by atoms with E-state index < -0.39 is 24.4 Å². The van der Waals surface area contributed by atoms with Crippen LogP contribution in [-0.4, -0.2) is 44.9 Å². The lowest BCUT2D eigenvalue weighted by Gasteiger charge is -2.07. The Morgan fingerprint density at radius 2 is 1.93 bits per heavy atom. The van der Waals surface area contributed by atoms with Gasteiger partial charge in [0.2, 0.25) is 0 Å². The second-order valence-electron chi connectivity index (χ2n) is 5.72. The summed E-state index contributed by atoms with van der Waals surface area (Å²) in [5.41, 5.74) is 0.350. The molecule has 0 radical (unpaired) electrons. The topological polar surface area (TPSA) is 103 Å². The minimum absolute atomic E-state index is 0.0253. The molecule has 10 heteroatoms. The highest BCUT2D eigenvalue weighted by Crippen LogP contribution is 2.27. The molecular formula is C19H18N4O4S2. The highest BCUT2D eigenvalue weighted by molar-refractivity contribution is 7.99. The molecule has 2 aromatic heterocycles. The molecule has 0 unspecified atom stereocenters. The van der Waals surface area contributed by atoms with E-state index in [-0.39, 0.29) is 5.75 Å². The largest absolute Gasteiger partial charge is 0.455 e. The van der Waals surface area contributed by atoms with Crippen molar-refractivity contribution in [1.29, 1.82) is 0 Å². The molecule has 2 heterocycles. The number of hydrogen-bond acceptors (Lipinski definition) is 8. The summed E-state index contributed by atoms with van der Waals surface area (Å²) in [6.07, 6.45) is 0. The number of amides is 2. The van der Waals surface area contributed by atoms with Gasteiger partial charge in [-0.2, -0.15) is 0 Å². The average molecular weight is 431 g/mol. The van der Waals surface area contributed by atoms with Crippen LogP contribution in [0.2, 0.25) is 0 Å². The van der Waals surface area contributed by atoms with E-state index >= 15 is 0 Å². The highest BCUT2D eigenvalue weighted by Gasteiger charge is 2.17. The van der Waals surface area contributed by atoms with Gasteiger partial charge in [-0.25, -0.2) is 0 Å². The van der Waals surface area contributed by atoms with Crippen molar-refractivity contribution < 1.29 is 19.1 Å². The molecule has 0 fully saturated rings. The number of esters is 1. The maximum absolute atomic E-state index is 11.9. The summed E-state index contributed by atoms with van der Waals surface area (Å²) in [4.78, 5) is 36.6. The van der Waals surface area contributed by atoms with E-state index in [1.54, 1.807) is 41.7 Å². The Labute approximate surface area is 175 Å². The van der Waals surface area contributed by atoms with Crippen molar-refractivity contribution in [2.45, 2.75) is 18.6 Å². The molecule has 150 valence electrons. The highest BCUT2D eigenvalue weighted by atomic mass is 32.2. The first-order valence-corrected chi connectivity index (χ1v) is 10.6. The van der Waals surface area contributed by atoms with Crippen molar-refractivity contribution in [3.8, 4) is 10.7 Å². The summed E-state index contributed by atoms with van der Waals surface area (Å²) >= 11 is 2.74. The molecule has 0 spiro atoms. The number of imide groups is 1. The van der Waals surface area contributed by atoms with E-state index in [1.807, 2.05) is 29.0 Å². The fraction of sp³-hybridized carbons (Fsp3) is 0.211. The Hall–Kier alpha value is -2.98. The minimum Gasteiger partial charge on any atom is -0.455 e. The number of thioether (sulfide) groups is 1. The molecule has 0 aliphatic heterocycles. The molecule has 29 heavy (non-hydrogen) atoms. The van der Waals surface area contributed by atoms with Crippen LogP contribution in [0, 0.1) is 0 Å². The number of benzene rings is 1. The number of nitrogens with zero attached hydrogens (tertiary/aromatic N) is 3. The number of rotatable bonds is 8. The Morgan fingerprint density at radius 3 is 2.62 bits per heavy atom. The smallest absolute Gasteiger partial charge is 0.316 e. The van der Waals surface area contributed by atoms with Gasteiger partial charge in [-0.3, -0.25) is 19.7 Å². The zero-order valence-electron chi connectivity index (χ0n) is 15.5. The van der Waals surface area contributed by atoms with Crippen molar-refractivity contribution >= 4 is 40.9 Å². The molecule has 3 rings (SSSR count). The van der Waals surface area contributed by atoms with Crippen LogP contribution in [0.3, 0.4) is 0 Å². The minimum atomic E-state index is -0.686. The van der Waals surface area contributed by atoms with Crippen LogP contribution in [-0.2, 0) is 20.9 Å². The van der Waals surface area contributed by atoms with Crippen LogP contribution in [0.15, 0.2) is 53.0 Å². The van der Waals surface area contributed by atoms with Gasteiger partial charge in [0.25, 0.3) is 11.8 Å². The molecule has 0 bridgehead atoms. The molecule has 0 aliphatic rings. The van der Waals surface area contributed by atoms with Gasteiger partial charge in [-0.1, -0.05) is 36.0 Å². The first kappa shape index (κ1) is 20.7. The van der Waals surface area contributed by atoms with Crippen molar-refractivity contribution in [2.75, 3.05) is 12.4 Å². The quantitative estimate of drug-likeness (QED) is 0.433. The fourth-order valence-corrected chi connectivity index (χ4v) is 3.92. The molecular weight excluding hydrogens is 412 g/mol. The van der Waals surface area contributed by atoms with E-state index in [0.29, 0.717) is 17.3 Å². The van der Waals surface area contributed by atoms with E-state index in [9.17, 15) is 14.4 Å². The summed E-state index contributed by atoms with van der Waals surface area (Å²) in [5, 5.41) is 13.1. The van der Waals surface area contributed by atoms with Crippen LogP contribution in [0.5, 0.6) is 0 Å². The average Bonchev–Trinajstić information content (AvgIpc) is 3.40. The first-order valence-electron chi connectivity index (χ1n) is 8.73. The lowest BCUT2D eigenvalue weighted by Crippen LogP contribution is -2.34. The zero-order valence-corrected chi connectivity index (χ0v) is 17.2. The summed E-state index contributed by atoms with van der Waals surface area (Å²) in [6, 6.07) is 12.2. The third kappa shape index (κ3) is 5.52. The summed E-state index contributed by atoms with van der Waals surface area (Å²) in [7, 11) is 0. The zero-order chi connectivity index (χ0) is 20.6. The van der Waals surface area contributed by atoms with Crippen molar-refractivity contribution in [1.82, 2.24) is 20.1 Å². The third-order valence-electron chi connectivity index (χ3n) is 3.75. The van der Waals surface area contributed by atoms with Gasteiger partial charge in [0.05, 0.1) is 10.6 Å². The van der Waals surface area contributed by atoms with Gasteiger partial charge in [-0.15, -0.1) is 21.5 Å². The molecule has 0 aliphatic carbocycles. The first-order chi connectivity index (χ1) is 14.1. The van der Waals surface area contributed by atoms with Crippen LogP contribution in [0.25, 0.3) is 10.7 Å². The number of ether oxygens (including phenoxy) is 1. The molecule has 1 aromatic carbocycles. The van der Waals surface area contributed by atoms with Gasteiger partial charge < -0.3 is 9.30 Å². The lowest BCUT2D eigenvalue weighted by atomic mass is 10.2. The molecule has 2 amide bonds. The van der Waals surface area contributed by atoms with Gasteiger partial charge in [0.1, 0.15) is 0 Å². The van der Waals surface area contributed by atoms with Gasteiger partial charge in [0, 0.05) is 12.1 Å². The number of thiophene rings is 1. The van der Waals surface area contributed by atoms with E-state index in [4.69, 9.17) is 4.74 Å². The maximum atomic E-state index is 11.9. The van der Waals surface area contributed by atoms with E-state index in [2.05, 4.69) is 15.5 Å². The summed E-state index contributed by atoms with van der Waals surface area (Å²) in [6.45, 7) is 2.09. The van der Waals surface area contributed by atoms with Crippen molar-refractivity contribution in [2.24, 2.45) is 0 Å². The second kappa shape index (κ2) is 9.99. The number of carbonyl (C=O) groups excluding carboxylic acids is 3. The Balaban J connectivity index is 1.47. The summed E-state index contributed by atoms with van der Waals surface area (Å²) in [5.74, 6) is -1.09. The second-order valence-corrected chi connectivity index (χ2v) is 7.61. The molecule has 8 nitrogen and oxygen atoms in total. The van der Waals surface area contributed by atoms with Crippen LogP contribution in [0.1, 0.15) is 17.3 Å². The van der Waals surface area contributed by atoms with Crippen LogP contribution < -0.4 is 5.32 Å². The molecule has 3 aromatic rings. The van der Waals surface area contributed by atoms with E-state index in [0.717, 1.165) is 10.7 Å². The van der Waals surface area contributed by atoms with Crippen molar-refractivity contribution in [3.05, 3.63) is 53.4 Å². The number of carbonyl (C=O) groups is 3. The normalized spacial score (nSPS) is 10.5. The number of aromatic nitrogens is 3. The van der Waals surface area contributed by atoms with Crippen molar-refractivity contribution in [3.63, 3.8) is 0 Å². The molecule has 0 atom stereocenters. The molecule has 1 N–H and O–H groups in total. The predicted octanol–water partition coefficient (Wildman–Crippen LogP) is 2.62. The predicted molar refractivity (Wildman–Crippen MR) is 110 cm³/mol. The molecule has 0 saturated heterocycles. The van der Waals surface area contributed by atoms with E-state index in [1.165, 1.54) is 11.8 Å². The number of nitrogens with one attached hydrogen (secondary N) is 1.